The van der Waals surface area contributed by atoms with Crippen molar-refractivity contribution in [2.24, 2.45) is 0 Å². The fraction of sp³-hybridized carbons (Fsp3) is 0.294. The third-order valence-electron chi connectivity index (χ3n) is 3.24. The number of rotatable bonds is 6. The minimum Gasteiger partial charge on any atom is -0.485 e. The lowest BCUT2D eigenvalue weighted by Gasteiger charge is -2.21. The van der Waals surface area contributed by atoms with E-state index in [2.05, 4.69) is 5.32 Å². The molecule has 0 aliphatic rings. The Hall–Kier alpha value is -1.87. The van der Waals surface area contributed by atoms with Crippen molar-refractivity contribution in [1.82, 2.24) is 5.32 Å². The molecule has 1 unspecified atom stereocenters. The van der Waals surface area contributed by atoms with Crippen LogP contribution in [0.25, 0.3) is 0 Å². The molecule has 0 aromatic heterocycles. The zero-order chi connectivity index (χ0) is 14.4. The van der Waals surface area contributed by atoms with Crippen LogP contribution in [0.3, 0.4) is 0 Å². The number of hydrogen-bond donors (Lipinski definition) is 1. The summed E-state index contributed by atoms with van der Waals surface area (Å²) in [5, 5.41) is 3.11. The quantitative estimate of drug-likeness (QED) is 0.862. The number of hydrogen-bond acceptors (Lipinski definition) is 2. The zero-order valence-electron chi connectivity index (χ0n) is 11.9. The van der Waals surface area contributed by atoms with Gasteiger partial charge in [0.1, 0.15) is 17.7 Å². The Labute approximate surface area is 119 Å². The molecule has 2 rings (SSSR count). The van der Waals surface area contributed by atoms with E-state index in [4.69, 9.17) is 4.74 Å². The first-order chi connectivity index (χ1) is 9.70. The van der Waals surface area contributed by atoms with Crippen molar-refractivity contribution in [3.05, 3.63) is 65.5 Å². The lowest BCUT2D eigenvalue weighted by atomic mass is 10.1. The first-order valence-electron chi connectivity index (χ1n) is 6.83. The number of ether oxygens (including phenoxy) is 1. The molecule has 0 spiro atoms. The topological polar surface area (TPSA) is 21.3 Å². The Bertz CT molecular complexity index is 556. The average molecular weight is 273 g/mol. The van der Waals surface area contributed by atoms with Gasteiger partial charge in [0.25, 0.3) is 0 Å². The average Bonchev–Trinajstić information content (AvgIpc) is 2.45. The predicted molar refractivity (Wildman–Crippen MR) is 79.5 cm³/mol. The molecule has 0 amide bonds. The van der Waals surface area contributed by atoms with Gasteiger partial charge >= 0.3 is 0 Å². The van der Waals surface area contributed by atoms with Gasteiger partial charge in [-0.3, -0.25) is 0 Å². The second-order valence-corrected chi connectivity index (χ2v) is 4.82. The maximum atomic E-state index is 13.4. The van der Waals surface area contributed by atoms with E-state index in [1.54, 1.807) is 12.1 Å². The van der Waals surface area contributed by atoms with Gasteiger partial charge in [0.15, 0.2) is 0 Å². The standard InChI is InChI=1S/C17H20FNO/c1-13-6-3-4-9-16(13)20-17(10-11-19-2)14-7-5-8-15(18)12-14/h3-9,12,17,19H,10-11H2,1-2H3. The number of nitrogens with one attached hydrogen (secondary N) is 1. The van der Waals surface area contributed by atoms with E-state index in [1.165, 1.54) is 6.07 Å². The minimum absolute atomic E-state index is 0.153. The summed E-state index contributed by atoms with van der Waals surface area (Å²) in [5.74, 6) is 0.614. The van der Waals surface area contributed by atoms with Crippen LogP contribution in [0.2, 0.25) is 0 Å². The summed E-state index contributed by atoms with van der Waals surface area (Å²) in [5.41, 5.74) is 1.95. The maximum absolute atomic E-state index is 13.4. The van der Waals surface area contributed by atoms with Crippen LogP contribution >= 0.6 is 0 Å². The van der Waals surface area contributed by atoms with Crippen molar-refractivity contribution in [2.45, 2.75) is 19.4 Å². The number of aryl methyl sites for hydroxylation is 1. The van der Waals surface area contributed by atoms with Gasteiger partial charge in [-0.05, 0) is 49.8 Å². The molecule has 2 aromatic carbocycles. The zero-order valence-corrected chi connectivity index (χ0v) is 11.9. The second kappa shape index (κ2) is 7.06. The van der Waals surface area contributed by atoms with Gasteiger partial charge in [0.05, 0.1) is 0 Å². The SMILES string of the molecule is CNCCC(Oc1ccccc1C)c1cccc(F)c1. The summed E-state index contributed by atoms with van der Waals surface area (Å²) < 4.78 is 19.5. The van der Waals surface area contributed by atoms with Crippen molar-refractivity contribution < 1.29 is 9.13 Å². The summed E-state index contributed by atoms with van der Waals surface area (Å²) in [7, 11) is 1.90. The normalized spacial score (nSPS) is 12.2. The van der Waals surface area contributed by atoms with Crippen LogP contribution in [0.1, 0.15) is 23.7 Å². The fourth-order valence-corrected chi connectivity index (χ4v) is 2.12. The van der Waals surface area contributed by atoms with Crippen LogP contribution < -0.4 is 10.1 Å². The summed E-state index contributed by atoms with van der Waals surface area (Å²) >= 11 is 0. The smallest absolute Gasteiger partial charge is 0.125 e. The summed E-state index contributed by atoms with van der Waals surface area (Å²) in [6.45, 7) is 2.82. The number of halogens is 1. The molecule has 1 atom stereocenters. The van der Waals surface area contributed by atoms with Crippen molar-refractivity contribution in [3.63, 3.8) is 0 Å². The van der Waals surface area contributed by atoms with Crippen LogP contribution in [0, 0.1) is 12.7 Å². The van der Waals surface area contributed by atoms with E-state index in [9.17, 15) is 4.39 Å². The van der Waals surface area contributed by atoms with E-state index in [0.29, 0.717) is 0 Å². The van der Waals surface area contributed by atoms with E-state index in [0.717, 1.165) is 29.8 Å². The van der Waals surface area contributed by atoms with Gasteiger partial charge in [0.2, 0.25) is 0 Å². The summed E-state index contributed by atoms with van der Waals surface area (Å²) in [6.07, 6.45) is 0.633. The Morgan fingerprint density at radius 1 is 1.15 bits per heavy atom. The van der Waals surface area contributed by atoms with Gasteiger partial charge in [-0.25, -0.2) is 4.39 Å². The molecule has 106 valence electrons. The van der Waals surface area contributed by atoms with Crippen LogP contribution in [0.5, 0.6) is 5.75 Å². The highest BCUT2D eigenvalue weighted by atomic mass is 19.1. The van der Waals surface area contributed by atoms with Crippen molar-refractivity contribution in [2.75, 3.05) is 13.6 Å². The van der Waals surface area contributed by atoms with E-state index < -0.39 is 0 Å². The molecule has 2 aromatic rings. The molecular weight excluding hydrogens is 253 g/mol. The van der Waals surface area contributed by atoms with Gasteiger partial charge in [-0.1, -0.05) is 30.3 Å². The van der Waals surface area contributed by atoms with E-state index in [-0.39, 0.29) is 11.9 Å². The van der Waals surface area contributed by atoms with Crippen molar-refractivity contribution in [1.29, 1.82) is 0 Å². The van der Waals surface area contributed by atoms with E-state index >= 15 is 0 Å². The van der Waals surface area contributed by atoms with Crippen LogP contribution in [-0.2, 0) is 0 Å². The molecule has 0 heterocycles. The van der Waals surface area contributed by atoms with E-state index in [1.807, 2.05) is 44.3 Å². The molecule has 0 saturated heterocycles. The molecule has 0 fully saturated rings. The minimum atomic E-state index is -0.231. The molecule has 0 saturated carbocycles. The molecule has 0 aliphatic heterocycles. The third kappa shape index (κ3) is 3.81. The maximum Gasteiger partial charge on any atom is 0.125 e. The predicted octanol–water partition coefficient (Wildman–Crippen LogP) is 3.86. The van der Waals surface area contributed by atoms with Gasteiger partial charge < -0.3 is 10.1 Å². The fourth-order valence-electron chi connectivity index (χ4n) is 2.12. The van der Waals surface area contributed by atoms with Gasteiger partial charge in [-0.2, -0.15) is 0 Å². The molecule has 1 N–H and O–H groups in total. The van der Waals surface area contributed by atoms with Crippen molar-refractivity contribution in [3.8, 4) is 5.75 Å². The monoisotopic (exact) mass is 273 g/mol. The Morgan fingerprint density at radius 3 is 2.65 bits per heavy atom. The van der Waals surface area contributed by atoms with Crippen LogP contribution in [0.15, 0.2) is 48.5 Å². The van der Waals surface area contributed by atoms with Crippen molar-refractivity contribution >= 4 is 0 Å². The largest absolute Gasteiger partial charge is 0.485 e. The Morgan fingerprint density at radius 2 is 1.95 bits per heavy atom. The Kier molecular flexibility index (Phi) is 5.13. The first kappa shape index (κ1) is 14.5. The molecular formula is C17H20FNO. The highest BCUT2D eigenvalue weighted by Gasteiger charge is 2.14. The first-order valence-corrected chi connectivity index (χ1v) is 6.83. The van der Waals surface area contributed by atoms with Gasteiger partial charge in [-0.15, -0.1) is 0 Å². The molecule has 2 nitrogen and oxygen atoms in total. The lowest BCUT2D eigenvalue weighted by Crippen LogP contribution is -2.16. The second-order valence-electron chi connectivity index (χ2n) is 4.82. The molecule has 3 heteroatoms. The highest BCUT2D eigenvalue weighted by molar-refractivity contribution is 5.33. The van der Waals surface area contributed by atoms with Crippen LogP contribution in [-0.4, -0.2) is 13.6 Å². The Balaban J connectivity index is 2.21. The van der Waals surface area contributed by atoms with Gasteiger partial charge in [0, 0.05) is 6.42 Å². The summed E-state index contributed by atoms with van der Waals surface area (Å²) in [6, 6.07) is 14.5. The molecule has 0 aliphatic carbocycles. The van der Waals surface area contributed by atoms with Crippen LogP contribution in [0.4, 0.5) is 4.39 Å². The lowest BCUT2D eigenvalue weighted by molar-refractivity contribution is 0.193. The molecule has 0 bridgehead atoms. The highest BCUT2D eigenvalue weighted by Crippen LogP contribution is 2.27. The third-order valence-corrected chi connectivity index (χ3v) is 3.24. The summed E-state index contributed by atoms with van der Waals surface area (Å²) in [4.78, 5) is 0. The molecule has 20 heavy (non-hydrogen) atoms. The molecule has 0 radical (unpaired) electrons. The number of benzene rings is 2. The number of para-hydroxylation sites is 1.